The molecule has 176 valence electrons. The first-order valence-electron chi connectivity index (χ1n) is 10.5. The van der Waals surface area contributed by atoms with Crippen LogP contribution in [0.4, 0.5) is 9.93 Å². The van der Waals surface area contributed by atoms with E-state index in [-0.39, 0.29) is 28.2 Å². The topological polar surface area (TPSA) is 118 Å². The van der Waals surface area contributed by atoms with Crippen molar-refractivity contribution >= 4 is 51.3 Å². The van der Waals surface area contributed by atoms with Crippen LogP contribution in [-0.2, 0) is 19.1 Å². The minimum atomic E-state index is -0.977. The molecule has 0 radical (unpaired) electrons. The average Bonchev–Trinajstić information content (AvgIpc) is 3.33. The van der Waals surface area contributed by atoms with Crippen molar-refractivity contribution in [2.24, 2.45) is 5.92 Å². The Morgan fingerprint density at radius 3 is 2.56 bits per heavy atom. The number of nitrogens with one attached hydrogen (secondary N) is 1. The summed E-state index contributed by atoms with van der Waals surface area (Å²) in [5.74, 6) is -1.04. The first kappa shape index (κ1) is 24.3. The minimum Gasteiger partial charge on any atom is -0.425 e. The lowest BCUT2D eigenvalue weighted by molar-refractivity contribution is -0.169. The SMILES string of the molecule is CC(=O)SC1CN(c2nc(C(=O)N[C@H]3CCN(C(=O)OC(C)OC(=O)C(C)C)C3)cs2)C1. The maximum atomic E-state index is 12.6. The third-order valence-electron chi connectivity index (χ3n) is 4.98. The van der Waals surface area contributed by atoms with Gasteiger partial charge < -0.3 is 24.6 Å². The van der Waals surface area contributed by atoms with Crippen LogP contribution in [0.25, 0.3) is 0 Å². The Morgan fingerprint density at radius 1 is 1.19 bits per heavy atom. The van der Waals surface area contributed by atoms with Gasteiger partial charge in [0, 0.05) is 56.7 Å². The second kappa shape index (κ2) is 10.5. The number of ether oxygens (including phenoxy) is 2. The molecule has 1 aromatic heterocycles. The third-order valence-corrected chi connectivity index (χ3v) is 6.84. The smallest absolute Gasteiger partial charge is 0.412 e. The number of thiazole rings is 1. The second-order valence-corrected chi connectivity index (χ2v) is 10.4. The number of thioether (sulfide) groups is 1. The van der Waals surface area contributed by atoms with Crippen molar-refractivity contribution in [1.29, 1.82) is 0 Å². The molecule has 32 heavy (non-hydrogen) atoms. The number of likely N-dealkylation sites (tertiary alicyclic amines) is 1. The lowest BCUT2D eigenvalue weighted by Crippen LogP contribution is -2.49. The Hall–Kier alpha value is -2.34. The number of aromatic nitrogens is 1. The summed E-state index contributed by atoms with van der Waals surface area (Å²) < 4.78 is 10.2. The molecule has 0 aliphatic carbocycles. The highest BCUT2D eigenvalue weighted by Crippen LogP contribution is 2.30. The van der Waals surface area contributed by atoms with E-state index in [9.17, 15) is 19.2 Å². The molecule has 1 unspecified atom stereocenters. The summed E-state index contributed by atoms with van der Waals surface area (Å²) in [5.41, 5.74) is 0.336. The van der Waals surface area contributed by atoms with Crippen molar-refractivity contribution in [3.8, 4) is 0 Å². The number of hydrogen-bond donors (Lipinski definition) is 1. The first-order valence-corrected chi connectivity index (χ1v) is 12.2. The van der Waals surface area contributed by atoms with E-state index in [2.05, 4.69) is 10.3 Å². The largest absolute Gasteiger partial charge is 0.425 e. The molecule has 3 heterocycles. The van der Waals surface area contributed by atoms with E-state index >= 15 is 0 Å². The molecular weight excluding hydrogens is 456 g/mol. The number of esters is 1. The van der Waals surface area contributed by atoms with Gasteiger partial charge in [0.15, 0.2) is 10.2 Å². The van der Waals surface area contributed by atoms with E-state index in [0.29, 0.717) is 25.2 Å². The quantitative estimate of drug-likeness (QED) is 0.458. The summed E-state index contributed by atoms with van der Waals surface area (Å²) >= 11 is 2.73. The molecule has 2 saturated heterocycles. The van der Waals surface area contributed by atoms with Crippen molar-refractivity contribution in [3.05, 3.63) is 11.1 Å². The van der Waals surface area contributed by atoms with Gasteiger partial charge in [0.2, 0.25) is 6.29 Å². The normalized spacial score (nSPS) is 19.5. The maximum absolute atomic E-state index is 12.6. The standard InChI is InChI=1S/C20H28N4O6S2/c1-11(2)18(27)29-13(4)30-20(28)23-6-5-14(7-23)21-17(26)16-10-31-19(22-16)24-8-15(9-24)32-12(3)25/h10-11,13-15H,5-9H2,1-4H3,(H,21,26)/t13?,14-/m0/s1. The van der Waals surface area contributed by atoms with Gasteiger partial charge in [-0.2, -0.15) is 0 Å². The van der Waals surface area contributed by atoms with E-state index in [4.69, 9.17) is 9.47 Å². The molecule has 0 aromatic carbocycles. The third kappa shape index (κ3) is 6.35. The van der Waals surface area contributed by atoms with Gasteiger partial charge in [-0.3, -0.25) is 14.4 Å². The molecule has 10 nitrogen and oxygen atoms in total. The van der Waals surface area contributed by atoms with Crippen LogP contribution in [0, 0.1) is 5.92 Å². The van der Waals surface area contributed by atoms with Gasteiger partial charge >= 0.3 is 12.1 Å². The molecule has 12 heteroatoms. The number of hydrogen-bond acceptors (Lipinski definition) is 10. The molecule has 0 spiro atoms. The Balaban J connectivity index is 1.42. The predicted molar refractivity (Wildman–Crippen MR) is 121 cm³/mol. The van der Waals surface area contributed by atoms with Crippen LogP contribution in [0.1, 0.15) is 44.6 Å². The van der Waals surface area contributed by atoms with Crippen LogP contribution in [-0.4, -0.2) is 76.7 Å². The molecule has 3 rings (SSSR count). The highest BCUT2D eigenvalue weighted by Gasteiger charge is 2.32. The summed E-state index contributed by atoms with van der Waals surface area (Å²) in [6.45, 7) is 8.67. The van der Waals surface area contributed by atoms with Crippen LogP contribution in [0.5, 0.6) is 0 Å². The molecule has 2 amide bonds. The fourth-order valence-corrected chi connectivity index (χ4v) is 5.07. The number of anilines is 1. The average molecular weight is 485 g/mol. The maximum Gasteiger partial charge on any atom is 0.412 e. The Morgan fingerprint density at radius 2 is 1.91 bits per heavy atom. The van der Waals surface area contributed by atoms with Crippen LogP contribution < -0.4 is 10.2 Å². The summed E-state index contributed by atoms with van der Waals surface area (Å²) in [4.78, 5) is 55.5. The summed E-state index contributed by atoms with van der Waals surface area (Å²) in [6, 6.07) is -0.214. The molecule has 1 aromatic rings. The fraction of sp³-hybridized carbons (Fsp3) is 0.650. The molecule has 0 saturated carbocycles. The first-order chi connectivity index (χ1) is 15.1. The highest BCUT2D eigenvalue weighted by atomic mass is 32.2. The highest BCUT2D eigenvalue weighted by molar-refractivity contribution is 8.14. The monoisotopic (exact) mass is 484 g/mol. The molecule has 0 bridgehead atoms. The van der Waals surface area contributed by atoms with Crippen molar-refractivity contribution in [1.82, 2.24) is 15.2 Å². The van der Waals surface area contributed by atoms with E-state index in [1.807, 2.05) is 4.90 Å². The zero-order valence-electron chi connectivity index (χ0n) is 18.5. The van der Waals surface area contributed by atoms with E-state index in [0.717, 1.165) is 18.2 Å². The molecule has 1 N–H and O–H groups in total. The molecule has 2 fully saturated rings. The molecule has 2 aliphatic heterocycles. The van der Waals surface area contributed by atoms with Gasteiger partial charge in [-0.15, -0.1) is 11.3 Å². The van der Waals surface area contributed by atoms with Crippen molar-refractivity contribution < 1.29 is 28.7 Å². The van der Waals surface area contributed by atoms with Gasteiger partial charge in [0.1, 0.15) is 5.69 Å². The van der Waals surface area contributed by atoms with Crippen LogP contribution in [0.15, 0.2) is 5.38 Å². The number of carbonyl (C=O) groups is 4. The Labute approximate surface area is 195 Å². The number of rotatable bonds is 7. The Bertz CT molecular complexity index is 870. The molecule has 2 atom stereocenters. The van der Waals surface area contributed by atoms with Crippen LogP contribution in [0.3, 0.4) is 0 Å². The van der Waals surface area contributed by atoms with E-state index in [1.54, 1.807) is 26.2 Å². The molecular formula is C20H28N4O6S2. The summed E-state index contributed by atoms with van der Waals surface area (Å²) in [5, 5.41) is 5.76. The lowest BCUT2D eigenvalue weighted by Gasteiger charge is -2.37. The number of nitrogens with zero attached hydrogens (tertiary/aromatic N) is 3. The van der Waals surface area contributed by atoms with Crippen molar-refractivity contribution in [2.75, 3.05) is 31.1 Å². The van der Waals surface area contributed by atoms with Gasteiger partial charge in [-0.05, 0) is 6.42 Å². The van der Waals surface area contributed by atoms with Crippen molar-refractivity contribution in [3.63, 3.8) is 0 Å². The summed E-state index contributed by atoms with van der Waals surface area (Å²) in [7, 11) is 0. The Kier molecular flexibility index (Phi) is 7.99. The number of carbonyl (C=O) groups excluding carboxylic acids is 4. The van der Waals surface area contributed by atoms with Gasteiger partial charge in [0.05, 0.1) is 5.92 Å². The van der Waals surface area contributed by atoms with Crippen molar-refractivity contribution in [2.45, 2.75) is 51.7 Å². The van der Waals surface area contributed by atoms with Gasteiger partial charge in [-0.1, -0.05) is 25.6 Å². The van der Waals surface area contributed by atoms with Gasteiger partial charge in [0.25, 0.3) is 5.91 Å². The predicted octanol–water partition coefficient (Wildman–Crippen LogP) is 2.10. The molecule has 2 aliphatic rings. The number of amides is 2. The summed E-state index contributed by atoms with van der Waals surface area (Å²) in [6.07, 6.45) is -0.972. The second-order valence-electron chi connectivity index (χ2n) is 8.10. The minimum absolute atomic E-state index is 0.106. The fourth-order valence-electron chi connectivity index (χ4n) is 3.26. The zero-order chi connectivity index (χ0) is 23.4. The van der Waals surface area contributed by atoms with Crippen LogP contribution >= 0.6 is 23.1 Å². The van der Waals surface area contributed by atoms with E-state index < -0.39 is 18.4 Å². The van der Waals surface area contributed by atoms with Crippen LogP contribution in [0.2, 0.25) is 0 Å². The van der Waals surface area contributed by atoms with E-state index in [1.165, 1.54) is 34.9 Å². The van der Waals surface area contributed by atoms with Gasteiger partial charge in [-0.25, -0.2) is 9.78 Å². The zero-order valence-corrected chi connectivity index (χ0v) is 20.2. The lowest BCUT2D eigenvalue weighted by atomic mass is 10.2.